The van der Waals surface area contributed by atoms with E-state index < -0.39 is 11.9 Å². The minimum atomic E-state index is -0.420. The summed E-state index contributed by atoms with van der Waals surface area (Å²) in [7, 11) is 3.08. The van der Waals surface area contributed by atoms with E-state index >= 15 is 0 Å². The maximum absolute atomic E-state index is 12.2. The Bertz CT molecular complexity index is 1160. The van der Waals surface area contributed by atoms with Crippen molar-refractivity contribution in [2.45, 2.75) is 39.9 Å². The summed E-state index contributed by atoms with van der Waals surface area (Å²) in [5.74, 6) is 1.06. The largest absolute Gasteiger partial charge is 0.493 e. The lowest BCUT2D eigenvalue weighted by atomic mass is 9.85. The molecule has 2 aromatic rings. The van der Waals surface area contributed by atoms with Crippen LogP contribution >= 0.6 is 0 Å². The van der Waals surface area contributed by atoms with Crippen LogP contribution in [0.15, 0.2) is 59.7 Å². The first-order chi connectivity index (χ1) is 18.3. The molecule has 2 heterocycles. The number of fused-ring (bicyclic) bond motifs is 1. The van der Waals surface area contributed by atoms with Crippen LogP contribution in [0.5, 0.6) is 23.0 Å². The first-order valence-corrected chi connectivity index (χ1v) is 12.6. The molecule has 0 saturated carbocycles. The molecule has 8 nitrogen and oxygen atoms in total. The summed E-state index contributed by atoms with van der Waals surface area (Å²) >= 11 is 0. The van der Waals surface area contributed by atoms with E-state index in [1.54, 1.807) is 66.2 Å². The van der Waals surface area contributed by atoms with Gasteiger partial charge in [0.2, 0.25) is 0 Å². The van der Waals surface area contributed by atoms with E-state index in [2.05, 4.69) is 0 Å². The number of hydrogen-bond acceptors (Lipinski definition) is 8. The lowest BCUT2D eigenvalue weighted by Crippen LogP contribution is -2.15. The van der Waals surface area contributed by atoms with Crippen LogP contribution in [0.2, 0.25) is 0 Å². The molecule has 2 fully saturated rings. The van der Waals surface area contributed by atoms with E-state index in [9.17, 15) is 9.59 Å². The van der Waals surface area contributed by atoms with Crippen molar-refractivity contribution in [3.05, 3.63) is 70.8 Å². The number of methoxy groups -OCH3 is 2. The fourth-order valence-electron chi connectivity index (χ4n) is 4.72. The number of benzene rings is 2. The van der Waals surface area contributed by atoms with E-state index in [1.165, 1.54) is 0 Å². The predicted octanol–water partition coefficient (Wildman–Crippen LogP) is 5.52. The molecule has 2 saturated heterocycles. The van der Waals surface area contributed by atoms with Crippen LogP contribution in [0.3, 0.4) is 0 Å². The second kappa shape index (κ2) is 11.8. The van der Waals surface area contributed by atoms with E-state index in [0.717, 1.165) is 11.1 Å². The molecule has 8 heteroatoms. The Kier molecular flexibility index (Phi) is 8.54. The van der Waals surface area contributed by atoms with Gasteiger partial charge in [-0.2, -0.15) is 0 Å². The van der Waals surface area contributed by atoms with Crippen molar-refractivity contribution in [2.75, 3.05) is 27.4 Å². The first-order valence-electron chi connectivity index (χ1n) is 12.6. The zero-order valence-electron chi connectivity index (χ0n) is 22.6. The Morgan fingerprint density at radius 1 is 0.711 bits per heavy atom. The quantitative estimate of drug-likeness (QED) is 0.254. The van der Waals surface area contributed by atoms with Gasteiger partial charge in [-0.15, -0.1) is 0 Å². The Balaban J connectivity index is 1.51. The molecule has 2 aromatic carbocycles. The van der Waals surface area contributed by atoms with E-state index in [4.69, 9.17) is 28.4 Å². The van der Waals surface area contributed by atoms with Gasteiger partial charge in [0.05, 0.1) is 39.6 Å². The summed E-state index contributed by atoms with van der Waals surface area (Å²) in [6, 6.07) is 11.0. The van der Waals surface area contributed by atoms with Gasteiger partial charge in [0.15, 0.2) is 23.0 Å². The third kappa shape index (κ3) is 5.47. The number of allylic oxidation sites excluding steroid dienone is 2. The topological polar surface area (TPSA) is 89.5 Å². The molecule has 2 aliphatic heterocycles. The molecule has 0 bridgehead atoms. The van der Waals surface area contributed by atoms with E-state index in [-0.39, 0.29) is 24.0 Å². The van der Waals surface area contributed by atoms with Crippen molar-refractivity contribution in [1.29, 1.82) is 0 Å². The summed E-state index contributed by atoms with van der Waals surface area (Å²) < 4.78 is 34.5. The van der Waals surface area contributed by atoms with Gasteiger partial charge in [0.1, 0.15) is 0 Å². The second-order valence-electron chi connectivity index (χ2n) is 9.38. The highest BCUT2D eigenvalue weighted by Crippen LogP contribution is 2.51. The van der Waals surface area contributed by atoms with Gasteiger partial charge in [-0.3, -0.25) is 0 Å². The van der Waals surface area contributed by atoms with Crippen LogP contribution in [0.4, 0.5) is 0 Å². The molecule has 2 aliphatic rings. The molecule has 0 radical (unpaired) electrons. The minimum absolute atomic E-state index is 0.129. The lowest BCUT2D eigenvalue weighted by molar-refractivity contribution is -0.131. The highest BCUT2D eigenvalue weighted by Gasteiger charge is 2.48. The van der Waals surface area contributed by atoms with Crippen molar-refractivity contribution < 1.29 is 38.0 Å². The maximum Gasteiger partial charge on any atom is 0.338 e. The normalized spacial score (nSPS) is 23.1. The van der Waals surface area contributed by atoms with Gasteiger partial charge in [-0.1, -0.05) is 24.3 Å². The molecule has 38 heavy (non-hydrogen) atoms. The molecule has 4 rings (SSSR count). The Morgan fingerprint density at radius 3 is 1.45 bits per heavy atom. The maximum atomic E-state index is 12.2. The highest BCUT2D eigenvalue weighted by atomic mass is 16.6. The van der Waals surface area contributed by atoms with Gasteiger partial charge in [-0.25, -0.2) is 9.59 Å². The zero-order valence-corrected chi connectivity index (χ0v) is 22.6. The number of rotatable bonds is 8. The molecule has 4 atom stereocenters. The molecule has 0 N–H and O–H groups in total. The molecule has 0 aliphatic carbocycles. The van der Waals surface area contributed by atoms with Crippen molar-refractivity contribution >= 4 is 11.9 Å². The van der Waals surface area contributed by atoms with Gasteiger partial charge >= 0.3 is 11.9 Å². The Labute approximate surface area is 223 Å². The van der Waals surface area contributed by atoms with Gasteiger partial charge in [0.25, 0.3) is 0 Å². The van der Waals surface area contributed by atoms with Gasteiger partial charge in [-0.05, 0) is 63.1 Å². The monoisotopic (exact) mass is 522 g/mol. The first kappa shape index (κ1) is 27.4. The molecular weight excluding hydrogens is 488 g/mol. The number of carbonyl (C=O) groups excluding carboxylic acids is 2. The zero-order chi connectivity index (χ0) is 27.4. The number of hydrogen-bond donors (Lipinski definition) is 0. The summed E-state index contributed by atoms with van der Waals surface area (Å²) in [6.07, 6.45) is 3.03. The van der Waals surface area contributed by atoms with Crippen molar-refractivity contribution in [2.24, 2.45) is 11.8 Å². The molecule has 0 amide bonds. The Hall–Kier alpha value is -3.62. The average molecular weight is 523 g/mol. The fraction of sp³-hybridized carbons (Fsp3) is 0.400. The van der Waals surface area contributed by atoms with E-state index in [1.807, 2.05) is 24.3 Å². The van der Waals surface area contributed by atoms with Crippen LogP contribution in [0, 0.1) is 11.8 Å². The fourth-order valence-corrected chi connectivity index (χ4v) is 4.72. The lowest BCUT2D eigenvalue weighted by Gasteiger charge is -2.19. The standard InChI is InChI=1S/C30H34O8/c1-7-17(3)29(31)37-23-11-9-19(13-25(23)33-5)27-21-15-36-28(22(21)16-35-27)20-10-12-24(26(14-20)34-6)38-30(32)18(4)8-2/h7-14,21-22,27-28H,15-16H2,1-6H3. The van der Waals surface area contributed by atoms with Gasteiger partial charge in [0, 0.05) is 23.0 Å². The van der Waals surface area contributed by atoms with Crippen LogP contribution in [0.25, 0.3) is 0 Å². The third-order valence-electron chi connectivity index (χ3n) is 7.21. The van der Waals surface area contributed by atoms with E-state index in [0.29, 0.717) is 47.4 Å². The van der Waals surface area contributed by atoms with Crippen LogP contribution in [-0.2, 0) is 19.1 Å². The summed E-state index contributed by atoms with van der Waals surface area (Å²) in [6.45, 7) is 8.02. The van der Waals surface area contributed by atoms with Gasteiger partial charge < -0.3 is 28.4 Å². The number of esters is 2. The summed E-state index contributed by atoms with van der Waals surface area (Å²) in [5, 5.41) is 0. The van der Waals surface area contributed by atoms with Crippen molar-refractivity contribution in [3.8, 4) is 23.0 Å². The minimum Gasteiger partial charge on any atom is -0.493 e. The highest BCUT2D eigenvalue weighted by molar-refractivity contribution is 5.90. The smallest absolute Gasteiger partial charge is 0.338 e. The second-order valence-corrected chi connectivity index (χ2v) is 9.38. The predicted molar refractivity (Wildman–Crippen MR) is 140 cm³/mol. The number of ether oxygens (including phenoxy) is 6. The molecule has 4 unspecified atom stereocenters. The SMILES string of the molecule is CC=C(C)C(=O)Oc1ccc(C2OCC3C(c4ccc(OC(=O)C(C)=CC)c(OC)c4)OCC23)cc1OC. The molecule has 0 spiro atoms. The molecular formula is C30H34O8. The van der Waals surface area contributed by atoms with Crippen molar-refractivity contribution in [3.63, 3.8) is 0 Å². The van der Waals surface area contributed by atoms with Crippen LogP contribution in [-0.4, -0.2) is 39.4 Å². The molecule has 202 valence electrons. The van der Waals surface area contributed by atoms with Crippen molar-refractivity contribution in [1.82, 2.24) is 0 Å². The average Bonchev–Trinajstić information content (AvgIpc) is 3.55. The third-order valence-corrected chi connectivity index (χ3v) is 7.21. The Morgan fingerprint density at radius 2 is 1.11 bits per heavy atom. The summed E-state index contributed by atoms with van der Waals surface area (Å²) in [5.41, 5.74) is 2.90. The number of carbonyl (C=O) groups is 2. The summed E-state index contributed by atoms with van der Waals surface area (Å²) in [4.78, 5) is 24.4. The van der Waals surface area contributed by atoms with Crippen LogP contribution < -0.4 is 18.9 Å². The molecule has 0 aromatic heterocycles. The van der Waals surface area contributed by atoms with Crippen LogP contribution in [0.1, 0.15) is 51.0 Å².